The van der Waals surface area contributed by atoms with Crippen LogP contribution in [0.2, 0.25) is 0 Å². The average molecular weight is 599 g/mol. The molecule has 6 heteroatoms. The van der Waals surface area contributed by atoms with E-state index in [2.05, 4.69) is 71.4 Å². The third-order valence-electron chi connectivity index (χ3n) is 9.41. The van der Waals surface area contributed by atoms with Gasteiger partial charge in [-0.05, 0) is 73.2 Å². The Morgan fingerprint density at radius 3 is 1.86 bits per heavy atom. The highest BCUT2D eigenvalue weighted by molar-refractivity contribution is 7.46. The number of aryl methyl sites for hydroxylation is 1. The average Bonchev–Trinajstić information content (AvgIpc) is 3.01. The molecule has 0 aliphatic heterocycles. The van der Waals surface area contributed by atoms with Gasteiger partial charge < -0.3 is 9.47 Å². The van der Waals surface area contributed by atoms with Crippen molar-refractivity contribution in [2.75, 3.05) is 13.3 Å². The molecule has 2 aliphatic rings. The first-order chi connectivity index (χ1) is 20.2. The second kappa shape index (κ2) is 12.7. The zero-order valence-corrected chi connectivity index (χ0v) is 27.2. The molecule has 8 unspecified atom stereocenters. The van der Waals surface area contributed by atoms with E-state index >= 15 is 0 Å². The minimum absolute atomic E-state index is 0.0661. The van der Waals surface area contributed by atoms with Gasteiger partial charge in [-0.15, -0.1) is 0 Å². The van der Waals surface area contributed by atoms with Crippen molar-refractivity contribution >= 4 is 34.4 Å². The number of esters is 2. The lowest BCUT2D eigenvalue weighted by Crippen LogP contribution is -2.60. The van der Waals surface area contributed by atoms with Crippen molar-refractivity contribution in [2.24, 2.45) is 17.3 Å². The number of allylic oxidation sites excluding steroid dienone is 4. The molecular formula is C36H40O4P2. The first-order valence-electron chi connectivity index (χ1n) is 14.6. The standard InChI is InChI=1S/C36H40O4P2/c1-22-14-13-19-27(41-5)29(22)30-31-23(2)20-21-28(42-6)36(31,4)24(3)32(39-34(37)25-15-9-7-10-16-25)33(30)40-35(38)26-17-11-8-12-18-26/h7-21,24,30-33,41-42H,1-6H3. The van der Waals surface area contributed by atoms with Gasteiger partial charge in [-0.3, -0.25) is 0 Å². The van der Waals surface area contributed by atoms with Gasteiger partial charge in [0.2, 0.25) is 0 Å². The number of ether oxygens (including phenoxy) is 2. The fourth-order valence-electron chi connectivity index (χ4n) is 7.21. The molecule has 8 atom stereocenters. The van der Waals surface area contributed by atoms with Crippen LogP contribution in [0.15, 0.2) is 102 Å². The van der Waals surface area contributed by atoms with Crippen LogP contribution in [0.4, 0.5) is 0 Å². The van der Waals surface area contributed by atoms with Crippen molar-refractivity contribution in [3.8, 4) is 0 Å². The van der Waals surface area contributed by atoms with Crippen LogP contribution in [-0.2, 0) is 9.47 Å². The van der Waals surface area contributed by atoms with Crippen LogP contribution in [-0.4, -0.2) is 37.5 Å². The van der Waals surface area contributed by atoms with Crippen LogP contribution in [0.3, 0.4) is 0 Å². The Bertz CT molecular complexity index is 1510. The SMILES string of the molecule is CPC1=CC=C(C)C2C(c3c(C)cccc3PC)C(OC(=O)c3ccccc3)C(OC(=O)c3ccccc3)C(C)C12C. The molecule has 3 aromatic rings. The van der Waals surface area contributed by atoms with Crippen molar-refractivity contribution < 1.29 is 19.1 Å². The molecule has 42 heavy (non-hydrogen) atoms. The Kier molecular flexibility index (Phi) is 9.17. The van der Waals surface area contributed by atoms with Crippen LogP contribution in [0.1, 0.15) is 58.5 Å². The third kappa shape index (κ3) is 5.41. The summed E-state index contributed by atoms with van der Waals surface area (Å²) >= 11 is 0. The molecule has 0 spiro atoms. The topological polar surface area (TPSA) is 52.6 Å². The molecule has 3 aromatic carbocycles. The van der Waals surface area contributed by atoms with Crippen LogP contribution >= 0.6 is 17.2 Å². The zero-order valence-electron chi connectivity index (χ0n) is 25.2. The number of carbonyl (C=O) groups excluding carboxylic acids is 2. The van der Waals surface area contributed by atoms with E-state index in [1.54, 1.807) is 24.3 Å². The van der Waals surface area contributed by atoms with Crippen molar-refractivity contribution in [1.29, 1.82) is 0 Å². The van der Waals surface area contributed by atoms with Crippen LogP contribution < -0.4 is 5.30 Å². The number of rotatable bonds is 7. The maximum Gasteiger partial charge on any atom is 0.338 e. The molecule has 0 bridgehead atoms. The van der Waals surface area contributed by atoms with E-state index < -0.39 is 24.1 Å². The molecule has 5 rings (SSSR count). The normalized spacial score (nSPS) is 27.4. The monoisotopic (exact) mass is 598 g/mol. The van der Waals surface area contributed by atoms with E-state index in [0.29, 0.717) is 28.3 Å². The minimum Gasteiger partial charge on any atom is -0.454 e. The van der Waals surface area contributed by atoms with E-state index in [9.17, 15) is 9.59 Å². The smallest absolute Gasteiger partial charge is 0.338 e. The summed E-state index contributed by atoms with van der Waals surface area (Å²) in [6.45, 7) is 13.3. The van der Waals surface area contributed by atoms with E-state index in [0.717, 1.165) is 0 Å². The van der Waals surface area contributed by atoms with E-state index in [4.69, 9.17) is 9.47 Å². The minimum atomic E-state index is -0.683. The molecule has 0 N–H and O–H groups in total. The van der Waals surface area contributed by atoms with Gasteiger partial charge in [0.1, 0.15) is 12.2 Å². The van der Waals surface area contributed by atoms with E-state index in [1.807, 2.05) is 36.4 Å². The lowest BCUT2D eigenvalue weighted by molar-refractivity contribution is -0.124. The lowest BCUT2D eigenvalue weighted by atomic mass is 9.51. The molecule has 1 saturated carbocycles. The van der Waals surface area contributed by atoms with Gasteiger partial charge in [0.15, 0.2) is 0 Å². The fourth-order valence-corrected chi connectivity index (χ4v) is 9.28. The van der Waals surface area contributed by atoms with E-state index in [1.165, 1.54) is 27.3 Å². The summed E-state index contributed by atoms with van der Waals surface area (Å²) in [4.78, 5) is 27.5. The third-order valence-corrected chi connectivity index (χ3v) is 11.6. The first kappa shape index (κ1) is 30.4. The number of benzene rings is 3. The van der Waals surface area contributed by atoms with Crippen molar-refractivity contribution in [1.82, 2.24) is 0 Å². The Morgan fingerprint density at radius 2 is 1.31 bits per heavy atom. The summed E-state index contributed by atoms with van der Waals surface area (Å²) < 4.78 is 13.1. The highest BCUT2D eigenvalue weighted by atomic mass is 31.1. The predicted octanol–water partition coefficient (Wildman–Crippen LogP) is 7.89. The quantitative estimate of drug-likeness (QED) is 0.205. The Labute approximate surface area is 253 Å². The summed E-state index contributed by atoms with van der Waals surface area (Å²) in [6, 6.07) is 24.7. The van der Waals surface area contributed by atoms with Crippen molar-refractivity contribution in [3.63, 3.8) is 0 Å². The number of carbonyl (C=O) groups is 2. The van der Waals surface area contributed by atoms with Crippen LogP contribution in [0, 0.1) is 24.2 Å². The summed E-state index contributed by atoms with van der Waals surface area (Å²) in [5.74, 6) is -1.05. The molecular weight excluding hydrogens is 558 g/mol. The summed E-state index contributed by atoms with van der Waals surface area (Å²) in [5.41, 5.74) is 4.31. The highest BCUT2D eigenvalue weighted by Gasteiger charge is 2.61. The van der Waals surface area contributed by atoms with Crippen molar-refractivity contribution in [2.45, 2.75) is 45.8 Å². The van der Waals surface area contributed by atoms with Gasteiger partial charge in [0, 0.05) is 23.2 Å². The van der Waals surface area contributed by atoms with Gasteiger partial charge in [-0.1, -0.05) is 103 Å². The zero-order chi connectivity index (χ0) is 30.0. The van der Waals surface area contributed by atoms with Crippen LogP contribution in [0.25, 0.3) is 0 Å². The lowest BCUT2D eigenvalue weighted by Gasteiger charge is -2.58. The van der Waals surface area contributed by atoms with Gasteiger partial charge in [0.05, 0.1) is 11.1 Å². The molecule has 218 valence electrons. The molecule has 1 fully saturated rings. The van der Waals surface area contributed by atoms with Gasteiger partial charge in [0.25, 0.3) is 0 Å². The maximum atomic E-state index is 13.8. The summed E-state index contributed by atoms with van der Waals surface area (Å²) in [6.07, 6.45) is 3.17. The number of hydrogen-bond acceptors (Lipinski definition) is 4. The molecule has 0 amide bonds. The first-order valence-corrected chi connectivity index (χ1v) is 17.6. The van der Waals surface area contributed by atoms with Gasteiger partial charge in [-0.2, -0.15) is 0 Å². The van der Waals surface area contributed by atoms with Gasteiger partial charge >= 0.3 is 11.9 Å². The molecule has 0 heterocycles. The molecule has 2 aliphatic carbocycles. The second-order valence-corrected chi connectivity index (χ2v) is 13.7. The Balaban J connectivity index is 1.73. The largest absolute Gasteiger partial charge is 0.454 e. The number of hydrogen-bond donors (Lipinski definition) is 0. The molecule has 4 nitrogen and oxygen atoms in total. The summed E-state index contributed by atoms with van der Waals surface area (Å²) in [7, 11) is 1.17. The Hall–Kier alpha value is -3.06. The predicted molar refractivity (Wildman–Crippen MR) is 176 cm³/mol. The van der Waals surface area contributed by atoms with E-state index in [-0.39, 0.29) is 23.2 Å². The maximum absolute atomic E-state index is 13.8. The molecule has 0 saturated heterocycles. The molecule has 0 radical (unpaired) electrons. The summed E-state index contributed by atoms with van der Waals surface area (Å²) in [5, 5.41) is 2.62. The Morgan fingerprint density at radius 1 is 0.738 bits per heavy atom. The van der Waals surface area contributed by atoms with Crippen LogP contribution in [0.5, 0.6) is 0 Å². The molecule has 0 aromatic heterocycles. The van der Waals surface area contributed by atoms with Crippen molar-refractivity contribution in [3.05, 3.63) is 124 Å². The highest BCUT2D eigenvalue weighted by Crippen LogP contribution is 2.63. The van der Waals surface area contributed by atoms with Gasteiger partial charge in [-0.25, -0.2) is 9.59 Å². The number of fused-ring (bicyclic) bond motifs is 1. The second-order valence-electron chi connectivity index (χ2n) is 11.6. The fraction of sp³-hybridized carbons (Fsp3) is 0.333.